The lowest BCUT2D eigenvalue weighted by Crippen LogP contribution is -2.39. The summed E-state index contributed by atoms with van der Waals surface area (Å²) in [5.74, 6) is 0. The molecule has 2 heterocycles. The number of likely N-dealkylation sites (tertiary alicyclic amines) is 1. The molecular weight excluding hydrogens is 262 g/mol. The van der Waals surface area contributed by atoms with Crippen molar-refractivity contribution >= 4 is 10.9 Å². The Labute approximate surface area is 126 Å². The molecule has 0 spiro atoms. The second-order valence-electron chi connectivity index (χ2n) is 5.91. The van der Waals surface area contributed by atoms with Crippen LogP contribution in [0.5, 0.6) is 0 Å². The first kappa shape index (κ1) is 14.5. The van der Waals surface area contributed by atoms with Crippen LogP contribution in [0.15, 0.2) is 24.3 Å². The van der Waals surface area contributed by atoms with Crippen molar-refractivity contribution in [1.82, 2.24) is 14.7 Å². The van der Waals surface area contributed by atoms with Gasteiger partial charge in [-0.3, -0.25) is 9.58 Å². The van der Waals surface area contributed by atoms with Crippen molar-refractivity contribution in [3.8, 4) is 0 Å². The molecule has 0 saturated carbocycles. The predicted octanol–water partition coefficient (Wildman–Crippen LogP) is 2.79. The molecule has 1 saturated heterocycles. The van der Waals surface area contributed by atoms with Gasteiger partial charge in [-0.15, -0.1) is 0 Å². The topological polar surface area (TPSA) is 41.3 Å². The van der Waals surface area contributed by atoms with Gasteiger partial charge in [-0.1, -0.05) is 24.6 Å². The molecule has 1 unspecified atom stereocenters. The maximum atomic E-state index is 9.27. The first-order chi connectivity index (χ1) is 10.3. The molecule has 0 aliphatic carbocycles. The largest absolute Gasteiger partial charge is 0.396 e. The normalized spacial score (nSPS) is 20.2. The number of rotatable bonds is 5. The lowest BCUT2D eigenvalue weighted by atomic mass is 9.99. The summed E-state index contributed by atoms with van der Waals surface area (Å²) in [7, 11) is 0. The molecule has 2 aromatic rings. The van der Waals surface area contributed by atoms with Crippen LogP contribution < -0.4 is 0 Å². The first-order valence-corrected chi connectivity index (χ1v) is 8.12. The minimum absolute atomic E-state index is 0.283. The van der Waals surface area contributed by atoms with E-state index >= 15 is 0 Å². The van der Waals surface area contributed by atoms with Crippen LogP contribution >= 0.6 is 0 Å². The molecule has 0 bridgehead atoms. The van der Waals surface area contributed by atoms with Crippen molar-refractivity contribution in [3.05, 3.63) is 30.0 Å². The number of piperidine rings is 1. The Balaban J connectivity index is 1.86. The van der Waals surface area contributed by atoms with Gasteiger partial charge in [0.05, 0.1) is 11.2 Å². The Hall–Kier alpha value is -1.39. The molecule has 3 rings (SSSR count). The minimum atomic E-state index is 0.283. The van der Waals surface area contributed by atoms with Crippen molar-refractivity contribution in [1.29, 1.82) is 0 Å². The molecule has 114 valence electrons. The summed E-state index contributed by atoms with van der Waals surface area (Å²) >= 11 is 0. The maximum Gasteiger partial charge on any atom is 0.0843 e. The molecule has 21 heavy (non-hydrogen) atoms. The van der Waals surface area contributed by atoms with Crippen LogP contribution in [-0.2, 0) is 13.1 Å². The SMILES string of the molecule is CCn1nc(CN2CCCCC2CCO)c2ccccc21. The Morgan fingerprint density at radius 1 is 1.29 bits per heavy atom. The molecular formula is C17H25N3O. The van der Waals surface area contributed by atoms with Gasteiger partial charge in [0.15, 0.2) is 0 Å². The lowest BCUT2D eigenvalue weighted by Gasteiger charge is -2.35. The number of hydrogen-bond donors (Lipinski definition) is 1. The Kier molecular flexibility index (Phi) is 4.56. The van der Waals surface area contributed by atoms with Crippen LogP contribution in [0.3, 0.4) is 0 Å². The Morgan fingerprint density at radius 3 is 2.95 bits per heavy atom. The summed E-state index contributed by atoms with van der Waals surface area (Å²) in [5.41, 5.74) is 2.41. The number of aromatic nitrogens is 2. The van der Waals surface area contributed by atoms with E-state index in [-0.39, 0.29) is 6.61 Å². The molecule has 4 heteroatoms. The predicted molar refractivity (Wildman–Crippen MR) is 85.2 cm³/mol. The maximum absolute atomic E-state index is 9.27. The minimum Gasteiger partial charge on any atom is -0.396 e. The van der Waals surface area contributed by atoms with Gasteiger partial charge in [0.25, 0.3) is 0 Å². The fourth-order valence-corrected chi connectivity index (χ4v) is 3.49. The van der Waals surface area contributed by atoms with Crippen molar-refractivity contribution in [3.63, 3.8) is 0 Å². The zero-order chi connectivity index (χ0) is 14.7. The summed E-state index contributed by atoms with van der Waals surface area (Å²) in [5, 5.41) is 15.3. The van der Waals surface area contributed by atoms with Gasteiger partial charge in [-0.25, -0.2) is 0 Å². The molecule has 4 nitrogen and oxygen atoms in total. The highest BCUT2D eigenvalue weighted by Gasteiger charge is 2.23. The van der Waals surface area contributed by atoms with Crippen LogP contribution in [0, 0.1) is 0 Å². The molecule has 1 aromatic carbocycles. The van der Waals surface area contributed by atoms with Crippen LogP contribution in [-0.4, -0.2) is 39.0 Å². The average Bonchev–Trinajstić information content (AvgIpc) is 2.88. The highest BCUT2D eigenvalue weighted by atomic mass is 16.3. The van der Waals surface area contributed by atoms with Crippen LogP contribution in [0.2, 0.25) is 0 Å². The second-order valence-corrected chi connectivity index (χ2v) is 5.91. The number of benzene rings is 1. The number of aliphatic hydroxyl groups is 1. The quantitative estimate of drug-likeness (QED) is 0.919. The van der Waals surface area contributed by atoms with Gasteiger partial charge in [0.1, 0.15) is 0 Å². The van der Waals surface area contributed by atoms with E-state index in [0.717, 1.165) is 26.1 Å². The standard InChI is InChI=1S/C17H25N3O/c1-2-20-17-9-4-3-8-15(17)16(18-20)13-19-11-6-5-7-14(19)10-12-21/h3-4,8-9,14,21H,2,5-7,10-13H2,1H3. The molecule has 1 aliphatic heterocycles. The summed E-state index contributed by atoms with van der Waals surface area (Å²) in [6, 6.07) is 9.00. The number of aliphatic hydroxyl groups excluding tert-OH is 1. The zero-order valence-corrected chi connectivity index (χ0v) is 12.8. The van der Waals surface area contributed by atoms with E-state index < -0.39 is 0 Å². The number of nitrogens with zero attached hydrogens (tertiary/aromatic N) is 3. The number of para-hydroxylation sites is 1. The third-order valence-corrected chi connectivity index (χ3v) is 4.60. The van der Waals surface area contributed by atoms with Gasteiger partial charge in [0, 0.05) is 31.1 Å². The van der Waals surface area contributed by atoms with Gasteiger partial charge >= 0.3 is 0 Å². The lowest BCUT2D eigenvalue weighted by molar-refractivity contribution is 0.111. The molecule has 0 amide bonds. The van der Waals surface area contributed by atoms with Crippen molar-refractivity contribution < 1.29 is 5.11 Å². The highest BCUT2D eigenvalue weighted by Crippen LogP contribution is 2.25. The van der Waals surface area contributed by atoms with E-state index in [2.05, 4.69) is 40.8 Å². The summed E-state index contributed by atoms with van der Waals surface area (Å²) in [6.07, 6.45) is 4.62. The van der Waals surface area contributed by atoms with E-state index in [0.29, 0.717) is 6.04 Å². The van der Waals surface area contributed by atoms with Crippen molar-refractivity contribution in [2.45, 2.75) is 51.7 Å². The molecule has 1 aromatic heterocycles. The Bertz CT molecular complexity index is 591. The molecule has 1 fully saturated rings. The summed E-state index contributed by atoms with van der Waals surface area (Å²) in [4.78, 5) is 2.51. The smallest absolute Gasteiger partial charge is 0.0843 e. The van der Waals surface area contributed by atoms with Gasteiger partial charge < -0.3 is 5.11 Å². The van der Waals surface area contributed by atoms with Crippen molar-refractivity contribution in [2.24, 2.45) is 0 Å². The third-order valence-electron chi connectivity index (χ3n) is 4.60. The molecule has 1 atom stereocenters. The van der Waals surface area contributed by atoms with Gasteiger partial charge in [-0.2, -0.15) is 5.10 Å². The second kappa shape index (κ2) is 6.58. The summed E-state index contributed by atoms with van der Waals surface area (Å²) in [6.45, 7) is 5.35. The van der Waals surface area contributed by atoms with Crippen LogP contribution in [0.4, 0.5) is 0 Å². The van der Waals surface area contributed by atoms with Gasteiger partial charge in [-0.05, 0) is 38.8 Å². The summed E-state index contributed by atoms with van der Waals surface area (Å²) < 4.78 is 2.09. The van der Waals surface area contributed by atoms with Gasteiger partial charge in [0.2, 0.25) is 0 Å². The highest BCUT2D eigenvalue weighted by molar-refractivity contribution is 5.81. The number of aryl methyl sites for hydroxylation is 1. The fourth-order valence-electron chi connectivity index (χ4n) is 3.49. The Morgan fingerprint density at radius 2 is 2.14 bits per heavy atom. The zero-order valence-electron chi connectivity index (χ0n) is 12.8. The van der Waals surface area contributed by atoms with E-state index in [4.69, 9.17) is 5.10 Å². The average molecular weight is 287 g/mol. The molecule has 1 N–H and O–H groups in total. The number of hydrogen-bond acceptors (Lipinski definition) is 3. The molecule has 0 radical (unpaired) electrons. The van der Waals surface area contributed by atoms with E-state index in [1.807, 2.05) is 0 Å². The van der Waals surface area contributed by atoms with E-state index in [9.17, 15) is 5.11 Å². The van der Waals surface area contributed by atoms with E-state index in [1.54, 1.807) is 0 Å². The third kappa shape index (κ3) is 2.97. The van der Waals surface area contributed by atoms with Crippen LogP contribution in [0.1, 0.15) is 38.3 Å². The molecule has 1 aliphatic rings. The number of fused-ring (bicyclic) bond motifs is 1. The van der Waals surface area contributed by atoms with Crippen molar-refractivity contribution in [2.75, 3.05) is 13.2 Å². The monoisotopic (exact) mass is 287 g/mol. The van der Waals surface area contributed by atoms with E-state index in [1.165, 1.54) is 35.9 Å². The first-order valence-electron chi connectivity index (χ1n) is 8.12. The fraction of sp³-hybridized carbons (Fsp3) is 0.588. The van der Waals surface area contributed by atoms with Crippen LogP contribution in [0.25, 0.3) is 10.9 Å².